The summed E-state index contributed by atoms with van der Waals surface area (Å²) in [4.78, 5) is 0. The highest BCUT2D eigenvalue weighted by Crippen LogP contribution is 2.18. The van der Waals surface area contributed by atoms with Crippen molar-refractivity contribution in [2.24, 2.45) is 5.73 Å². The lowest BCUT2D eigenvalue weighted by Gasteiger charge is -2.02. The summed E-state index contributed by atoms with van der Waals surface area (Å²) in [7, 11) is 0. The van der Waals surface area contributed by atoms with Crippen LogP contribution in [0.5, 0.6) is 0 Å². The molecule has 0 amide bonds. The number of amidine groups is 1. The first-order chi connectivity index (χ1) is 6.13. The van der Waals surface area contributed by atoms with E-state index in [0.29, 0.717) is 12.0 Å². The Hall–Kier alpha value is -1.34. The molecule has 0 aliphatic rings. The molecule has 0 heterocycles. The molecule has 0 aromatic heterocycles. The van der Waals surface area contributed by atoms with E-state index in [9.17, 15) is 0 Å². The molecule has 1 aromatic rings. The standard InChI is InChI=1S/C9H8BrN3/c10-8-2-1-6(5-11)3-7(8)4-9(12)13/h1-3H,4H2,(H3,12,13). The van der Waals surface area contributed by atoms with E-state index in [1.165, 1.54) is 0 Å². The lowest BCUT2D eigenvalue weighted by atomic mass is 10.1. The predicted octanol–water partition coefficient (Wildman–Crippen LogP) is 1.80. The molecular formula is C9H8BrN3. The molecule has 13 heavy (non-hydrogen) atoms. The van der Waals surface area contributed by atoms with Crippen molar-refractivity contribution >= 4 is 21.8 Å². The monoisotopic (exact) mass is 237 g/mol. The van der Waals surface area contributed by atoms with Gasteiger partial charge in [0, 0.05) is 10.9 Å². The van der Waals surface area contributed by atoms with Gasteiger partial charge >= 0.3 is 0 Å². The van der Waals surface area contributed by atoms with Crippen molar-refractivity contribution in [2.45, 2.75) is 6.42 Å². The van der Waals surface area contributed by atoms with Crippen LogP contribution in [0.2, 0.25) is 0 Å². The van der Waals surface area contributed by atoms with Gasteiger partial charge in [-0.3, -0.25) is 5.41 Å². The lowest BCUT2D eigenvalue weighted by molar-refractivity contribution is 1.23. The maximum atomic E-state index is 8.64. The first-order valence-electron chi connectivity index (χ1n) is 3.65. The minimum absolute atomic E-state index is 0.0933. The van der Waals surface area contributed by atoms with Crippen molar-refractivity contribution in [3.63, 3.8) is 0 Å². The van der Waals surface area contributed by atoms with Crippen molar-refractivity contribution in [1.82, 2.24) is 0 Å². The Labute approximate surface area is 84.8 Å². The zero-order valence-corrected chi connectivity index (χ0v) is 8.43. The molecule has 0 saturated heterocycles. The van der Waals surface area contributed by atoms with Crippen LogP contribution >= 0.6 is 15.9 Å². The third-order valence-electron chi connectivity index (χ3n) is 1.56. The summed E-state index contributed by atoms with van der Waals surface area (Å²) in [5.41, 5.74) is 6.71. The van der Waals surface area contributed by atoms with Crippen molar-refractivity contribution in [3.05, 3.63) is 33.8 Å². The van der Waals surface area contributed by atoms with Crippen LogP contribution in [0.15, 0.2) is 22.7 Å². The Morgan fingerprint density at radius 3 is 2.85 bits per heavy atom. The van der Waals surface area contributed by atoms with Crippen LogP contribution in [0.4, 0.5) is 0 Å². The van der Waals surface area contributed by atoms with Gasteiger partial charge in [-0.2, -0.15) is 5.26 Å². The van der Waals surface area contributed by atoms with E-state index in [-0.39, 0.29) is 5.84 Å². The van der Waals surface area contributed by atoms with Gasteiger partial charge in [-0.25, -0.2) is 0 Å². The number of hydrogen-bond donors (Lipinski definition) is 2. The molecule has 66 valence electrons. The number of nitriles is 1. The summed E-state index contributed by atoms with van der Waals surface area (Å²) in [6.45, 7) is 0. The second-order valence-electron chi connectivity index (χ2n) is 2.62. The van der Waals surface area contributed by atoms with E-state index in [2.05, 4.69) is 15.9 Å². The van der Waals surface area contributed by atoms with Gasteiger partial charge in [-0.05, 0) is 23.8 Å². The molecule has 3 N–H and O–H groups in total. The van der Waals surface area contributed by atoms with Crippen LogP contribution in [-0.2, 0) is 6.42 Å². The van der Waals surface area contributed by atoms with Gasteiger partial charge in [0.15, 0.2) is 0 Å². The summed E-state index contributed by atoms with van der Waals surface area (Å²) in [5, 5.41) is 15.8. The maximum absolute atomic E-state index is 8.64. The van der Waals surface area contributed by atoms with Gasteiger partial charge in [0.05, 0.1) is 17.5 Å². The third-order valence-corrected chi connectivity index (χ3v) is 2.33. The molecule has 0 bridgehead atoms. The Kier molecular flexibility index (Phi) is 3.04. The number of rotatable bonds is 2. The van der Waals surface area contributed by atoms with Gasteiger partial charge < -0.3 is 5.73 Å². The van der Waals surface area contributed by atoms with Crippen LogP contribution in [0.25, 0.3) is 0 Å². The second kappa shape index (κ2) is 4.06. The Morgan fingerprint density at radius 2 is 2.31 bits per heavy atom. The Balaban J connectivity index is 3.05. The first kappa shape index (κ1) is 9.75. The highest BCUT2D eigenvalue weighted by molar-refractivity contribution is 9.10. The number of nitrogens with one attached hydrogen (secondary N) is 1. The molecule has 4 heteroatoms. The van der Waals surface area contributed by atoms with Crippen LogP contribution in [0, 0.1) is 16.7 Å². The van der Waals surface area contributed by atoms with E-state index in [1.54, 1.807) is 18.2 Å². The smallest absolute Gasteiger partial charge is 0.0991 e. The molecule has 0 aliphatic carbocycles. The fraction of sp³-hybridized carbons (Fsp3) is 0.111. The number of benzene rings is 1. The number of hydrogen-bond acceptors (Lipinski definition) is 2. The summed E-state index contributed by atoms with van der Waals surface area (Å²) in [6.07, 6.45) is 0.371. The fourth-order valence-corrected chi connectivity index (χ4v) is 1.37. The molecule has 0 radical (unpaired) electrons. The van der Waals surface area contributed by atoms with Crippen molar-refractivity contribution in [3.8, 4) is 6.07 Å². The molecule has 1 aromatic carbocycles. The quantitative estimate of drug-likeness (QED) is 0.608. The Morgan fingerprint density at radius 1 is 1.62 bits per heavy atom. The zero-order chi connectivity index (χ0) is 9.84. The summed E-state index contributed by atoms with van der Waals surface area (Å²) < 4.78 is 0.877. The van der Waals surface area contributed by atoms with Crippen LogP contribution in [0.3, 0.4) is 0 Å². The molecule has 0 spiro atoms. The molecular weight excluding hydrogens is 230 g/mol. The summed E-state index contributed by atoms with van der Waals surface area (Å²) in [5.74, 6) is 0.0933. The average Bonchev–Trinajstić information content (AvgIpc) is 2.08. The highest BCUT2D eigenvalue weighted by atomic mass is 79.9. The van der Waals surface area contributed by atoms with Gasteiger partial charge in [0.1, 0.15) is 0 Å². The van der Waals surface area contributed by atoms with Gasteiger partial charge in [0.2, 0.25) is 0 Å². The van der Waals surface area contributed by atoms with Crippen molar-refractivity contribution in [1.29, 1.82) is 10.7 Å². The highest BCUT2D eigenvalue weighted by Gasteiger charge is 2.02. The fourth-order valence-electron chi connectivity index (χ4n) is 0.985. The lowest BCUT2D eigenvalue weighted by Crippen LogP contribution is -2.13. The van der Waals surface area contributed by atoms with Crippen LogP contribution in [0.1, 0.15) is 11.1 Å². The second-order valence-corrected chi connectivity index (χ2v) is 3.47. The number of halogens is 1. The average molecular weight is 238 g/mol. The van der Waals surface area contributed by atoms with E-state index >= 15 is 0 Å². The summed E-state index contributed by atoms with van der Waals surface area (Å²) >= 11 is 3.33. The zero-order valence-electron chi connectivity index (χ0n) is 6.84. The van der Waals surface area contributed by atoms with Crippen LogP contribution < -0.4 is 5.73 Å². The maximum Gasteiger partial charge on any atom is 0.0991 e. The third kappa shape index (κ3) is 2.56. The van der Waals surface area contributed by atoms with Crippen LogP contribution in [-0.4, -0.2) is 5.84 Å². The van der Waals surface area contributed by atoms with Crippen molar-refractivity contribution < 1.29 is 0 Å². The minimum Gasteiger partial charge on any atom is -0.387 e. The van der Waals surface area contributed by atoms with Gasteiger partial charge in [-0.1, -0.05) is 15.9 Å². The normalized spacial score (nSPS) is 9.23. The summed E-state index contributed by atoms with van der Waals surface area (Å²) in [6, 6.07) is 7.27. The van der Waals surface area contributed by atoms with E-state index in [0.717, 1.165) is 10.0 Å². The minimum atomic E-state index is 0.0933. The molecule has 0 aliphatic heterocycles. The molecule has 0 fully saturated rings. The largest absolute Gasteiger partial charge is 0.387 e. The van der Waals surface area contributed by atoms with Gasteiger partial charge in [-0.15, -0.1) is 0 Å². The molecule has 3 nitrogen and oxygen atoms in total. The van der Waals surface area contributed by atoms with Crippen molar-refractivity contribution in [2.75, 3.05) is 0 Å². The number of nitrogens with two attached hydrogens (primary N) is 1. The van der Waals surface area contributed by atoms with E-state index in [1.807, 2.05) is 6.07 Å². The number of nitrogens with zero attached hydrogens (tertiary/aromatic N) is 1. The van der Waals surface area contributed by atoms with Gasteiger partial charge in [0.25, 0.3) is 0 Å². The Bertz CT molecular complexity index is 379. The topological polar surface area (TPSA) is 73.7 Å². The van der Waals surface area contributed by atoms with E-state index < -0.39 is 0 Å². The van der Waals surface area contributed by atoms with E-state index in [4.69, 9.17) is 16.4 Å². The SMILES string of the molecule is N#Cc1ccc(Br)c(CC(=N)N)c1. The molecule has 0 unspecified atom stereocenters. The first-order valence-corrected chi connectivity index (χ1v) is 4.44. The molecule has 1 rings (SSSR count). The predicted molar refractivity (Wildman–Crippen MR) is 54.5 cm³/mol. The molecule has 0 saturated carbocycles. The molecule has 0 atom stereocenters.